The minimum Gasteiger partial charge on any atom is -0.466 e. The van der Waals surface area contributed by atoms with Crippen LogP contribution in [0.4, 0.5) is 0 Å². The normalized spacial score (nSPS) is 11.2. The Balaban J connectivity index is 3.15. The fraction of sp³-hybridized carbons (Fsp3) is 0.444. The molecular formula is C9H13IO2. The summed E-state index contributed by atoms with van der Waals surface area (Å²) in [5.41, 5.74) is 0. The van der Waals surface area contributed by atoms with Gasteiger partial charge in [-0.1, -0.05) is 40.8 Å². The van der Waals surface area contributed by atoms with E-state index in [1.165, 1.54) is 6.92 Å². The fourth-order valence-corrected chi connectivity index (χ4v) is 0.874. The van der Waals surface area contributed by atoms with Crippen molar-refractivity contribution >= 4 is 28.6 Å². The van der Waals surface area contributed by atoms with Crippen LogP contribution in [0.5, 0.6) is 0 Å². The molecule has 0 spiro atoms. The molecule has 68 valence electrons. The maximum Gasteiger partial charge on any atom is 0.302 e. The van der Waals surface area contributed by atoms with Gasteiger partial charge >= 0.3 is 5.97 Å². The maximum absolute atomic E-state index is 10.3. The molecule has 0 aliphatic rings. The highest BCUT2D eigenvalue weighted by molar-refractivity contribution is 14.1. The van der Waals surface area contributed by atoms with Gasteiger partial charge in [-0.2, -0.15) is 0 Å². The summed E-state index contributed by atoms with van der Waals surface area (Å²) in [6.45, 7) is 1.95. The maximum atomic E-state index is 10.3. The van der Waals surface area contributed by atoms with Crippen molar-refractivity contribution in [3.63, 3.8) is 0 Å². The van der Waals surface area contributed by atoms with Crippen LogP contribution in [0.3, 0.4) is 0 Å². The molecule has 0 rings (SSSR count). The van der Waals surface area contributed by atoms with Gasteiger partial charge in [0.15, 0.2) is 0 Å². The van der Waals surface area contributed by atoms with Crippen molar-refractivity contribution in [3.8, 4) is 0 Å². The number of hydrogen-bond donors (Lipinski definition) is 0. The molecule has 0 N–H and O–H groups in total. The lowest BCUT2D eigenvalue weighted by atomic mass is 10.3. The molecular weight excluding hydrogens is 267 g/mol. The smallest absolute Gasteiger partial charge is 0.302 e. The number of esters is 1. The zero-order chi connectivity index (χ0) is 9.23. The van der Waals surface area contributed by atoms with E-state index in [1.54, 1.807) is 0 Å². The van der Waals surface area contributed by atoms with Crippen LogP contribution in [0.25, 0.3) is 0 Å². The number of carbonyl (C=O) groups excluding carboxylic acids is 1. The predicted molar refractivity (Wildman–Crippen MR) is 58.2 cm³/mol. The van der Waals surface area contributed by atoms with Gasteiger partial charge in [-0.3, -0.25) is 4.79 Å². The minimum atomic E-state index is -0.203. The Morgan fingerprint density at radius 1 is 1.50 bits per heavy atom. The number of hydrogen-bond acceptors (Lipinski definition) is 2. The monoisotopic (exact) mass is 280 g/mol. The quantitative estimate of drug-likeness (QED) is 0.335. The van der Waals surface area contributed by atoms with Gasteiger partial charge in [0.05, 0.1) is 6.61 Å². The Bertz CT molecular complexity index is 173. The third-order valence-corrected chi connectivity index (χ3v) is 1.56. The first-order chi connectivity index (χ1) is 5.77. The zero-order valence-electron chi connectivity index (χ0n) is 7.13. The van der Waals surface area contributed by atoms with E-state index in [2.05, 4.69) is 28.7 Å². The van der Waals surface area contributed by atoms with Crippen LogP contribution in [0.1, 0.15) is 19.8 Å². The molecule has 0 aliphatic heterocycles. The van der Waals surface area contributed by atoms with Gasteiger partial charge in [-0.25, -0.2) is 0 Å². The molecule has 2 nitrogen and oxygen atoms in total. The van der Waals surface area contributed by atoms with Gasteiger partial charge in [-0.05, 0) is 16.9 Å². The number of rotatable bonds is 5. The summed E-state index contributed by atoms with van der Waals surface area (Å²) in [4.78, 5) is 10.3. The van der Waals surface area contributed by atoms with Crippen LogP contribution in [0.2, 0.25) is 0 Å². The van der Waals surface area contributed by atoms with E-state index < -0.39 is 0 Å². The van der Waals surface area contributed by atoms with Crippen LogP contribution >= 0.6 is 22.6 Å². The van der Waals surface area contributed by atoms with Gasteiger partial charge in [0, 0.05) is 6.92 Å². The van der Waals surface area contributed by atoms with Crippen LogP contribution in [0, 0.1) is 0 Å². The minimum absolute atomic E-state index is 0.203. The first-order valence-electron chi connectivity index (χ1n) is 3.82. The molecule has 0 heterocycles. The highest BCUT2D eigenvalue weighted by Gasteiger charge is 1.89. The SMILES string of the molecule is CC(=O)OCCC/C=C/C=C/I. The molecule has 12 heavy (non-hydrogen) atoms. The highest BCUT2D eigenvalue weighted by Crippen LogP contribution is 1.93. The largest absolute Gasteiger partial charge is 0.466 e. The lowest BCUT2D eigenvalue weighted by Crippen LogP contribution is -1.99. The second-order valence-electron chi connectivity index (χ2n) is 2.23. The van der Waals surface area contributed by atoms with E-state index in [-0.39, 0.29) is 5.97 Å². The van der Waals surface area contributed by atoms with E-state index in [9.17, 15) is 4.79 Å². The second-order valence-corrected chi connectivity index (χ2v) is 2.95. The molecule has 0 radical (unpaired) electrons. The summed E-state index contributed by atoms with van der Waals surface area (Å²) in [5.74, 6) is -0.203. The van der Waals surface area contributed by atoms with E-state index in [4.69, 9.17) is 4.74 Å². The van der Waals surface area contributed by atoms with Crippen LogP contribution in [-0.2, 0) is 9.53 Å². The van der Waals surface area contributed by atoms with Crippen molar-refractivity contribution in [3.05, 3.63) is 22.3 Å². The van der Waals surface area contributed by atoms with Crippen molar-refractivity contribution in [1.82, 2.24) is 0 Å². The molecule has 0 aromatic heterocycles. The zero-order valence-corrected chi connectivity index (χ0v) is 9.28. The average molecular weight is 280 g/mol. The first-order valence-corrected chi connectivity index (χ1v) is 5.07. The van der Waals surface area contributed by atoms with Gasteiger partial charge in [-0.15, -0.1) is 0 Å². The van der Waals surface area contributed by atoms with Crippen molar-refractivity contribution in [2.24, 2.45) is 0 Å². The molecule has 0 aromatic rings. The second kappa shape index (κ2) is 8.77. The molecule has 0 saturated carbocycles. The average Bonchev–Trinajstić information content (AvgIpc) is 2.02. The summed E-state index contributed by atoms with van der Waals surface area (Å²) in [7, 11) is 0. The Morgan fingerprint density at radius 3 is 2.83 bits per heavy atom. The predicted octanol–water partition coefficient (Wildman–Crippen LogP) is 2.83. The van der Waals surface area contributed by atoms with Crippen LogP contribution in [-0.4, -0.2) is 12.6 Å². The Morgan fingerprint density at radius 2 is 2.25 bits per heavy atom. The summed E-state index contributed by atoms with van der Waals surface area (Å²) in [6, 6.07) is 0. The third kappa shape index (κ3) is 9.68. The van der Waals surface area contributed by atoms with E-state index in [0.29, 0.717) is 6.61 Å². The molecule has 0 aromatic carbocycles. The van der Waals surface area contributed by atoms with Crippen LogP contribution in [0.15, 0.2) is 22.3 Å². The summed E-state index contributed by atoms with van der Waals surface area (Å²) < 4.78 is 6.70. The number of carbonyl (C=O) groups is 1. The van der Waals surface area contributed by atoms with Gasteiger partial charge in [0.2, 0.25) is 0 Å². The van der Waals surface area contributed by atoms with Gasteiger partial charge < -0.3 is 4.74 Å². The van der Waals surface area contributed by atoms with Gasteiger partial charge in [0.1, 0.15) is 0 Å². The summed E-state index contributed by atoms with van der Waals surface area (Å²) in [5, 5.41) is 0. The molecule has 0 saturated heterocycles. The topological polar surface area (TPSA) is 26.3 Å². The van der Waals surface area contributed by atoms with Gasteiger partial charge in [0.25, 0.3) is 0 Å². The number of unbranched alkanes of at least 4 members (excludes halogenated alkanes) is 1. The van der Waals surface area contributed by atoms with Crippen LogP contribution < -0.4 is 0 Å². The number of halogens is 1. The third-order valence-electron chi connectivity index (χ3n) is 1.14. The van der Waals surface area contributed by atoms with Crippen molar-refractivity contribution in [2.75, 3.05) is 6.61 Å². The lowest BCUT2D eigenvalue weighted by molar-refractivity contribution is -0.141. The Hall–Kier alpha value is -0.320. The molecule has 0 fully saturated rings. The molecule has 0 aliphatic carbocycles. The van der Waals surface area contributed by atoms with E-state index in [1.807, 2.05) is 16.2 Å². The first kappa shape index (κ1) is 11.7. The molecule has 0 bridgehead atoms. The summed E-state index contributed by atoms with van der Waals surface area (Å²) in [6.07, 6.45) is 7.85. The number of ether oxygens (including phenoxy) is 1. The molecule has 3 heteroatoms. The molecule has 0 amide bonds. The highest BCUT2D eigenvalue weighted by atomic mass is 127. The Labute approximate surface area is 86.8 Å². The number of allylic oxidation sites excluding steroid dienone is 3. The fourth-order valence-electron chi connectivity index (χ4n) is 0.634. The van der Waals surface area contributed by atoms with Crippen molar-refractivity contribution < 1.29 is 9.53 Å². The summed E-state index contributed by atoms with van der Waals surface area (Å²) >= 11 is 2.16. The van der Waals surface area contributed by atoms with Crippen molar-refractivity contribution in [1.29, 1.82) is 0 Å². The molecule has 0 unspecified atom stereocenters. The Kier molecular flexibility index (Phi) is 8.54. The lowest BCUT2D eigenvalue weighted by Gasteiger charge is -1.97. The molecule has 0 atom stereocenters. The van der Waals surface area contributed by atoms with E-state index >= 15 is 0 Å². The van der Waals surface area contributed by atoms with Crippen molar-refractivity contribution in [2.45, 2.75) is 19.8 Å². The standard InChI is InChI=1S/C9H13IO2/c1-9(11)12-8-6-4-2-3-5-7-10/h2-3,5,7H,4,6,8H2,1H3/b3-2+,7-5+. The van der Waals surface area contributed by atoms with E-state index in [0.717, 1.165) is 12.8 Å².